The smallest absolute Gasteiger partial charge is 0.175 e. The van der Waals surface area contributed by atoms with Gasteiger partial charge in [0, 0.05) is 11.6 Å². The molecule has 7 heteroatoms. The van der Waals surface area contributed by atoms with Gasteiger partial charge < -0.3 is 20.1 Å². The number of methoxy groups -OCH3 is 1. The van der Waals surface area contributed by atoms with E-state index < -0.39 is 0 Å². The molecule has 1 heterocycles. The first kappa shape index (κ1) is 17.2. The van der Waals surface area contributed by atoms with Gasteiger partial charge in [-0.25, -0.2) is 0 Å². The van der Waals surface area contributed by atoms with E-state index in [2.05, 4.69) is 15.4 Å². The van der Waals surface area contributed by atoms with E-state index in [0.717, 1.165) is 11.1 Å². The van der Waals surface area contributed by atoms with Crippen LogP contribution < -0.4 is 10.5 Å². The molecule has 0 saturated carbocycles. The zero-order chi connectivity index (χ0) is 18.5. The highest BCUT2D eigenvalue weighted by molar-refractivity contribution is 5.96. The van der Waals surface area contributed by atoms with Crippen LogP contribution in [-0.2, 0) is 0 Å². The van der Waals surface area contributed by atoms with Crippen molar-refractivity contribution in [3.05, 3.63) is 65.4 Å². The number of hydrogen-bond acceptors (Lipinski definition) is 6. The topological polar surface area (TPSA) is 106 Å². The first-order chi connectivity index (χ1) is 12.6. The van der Waals surface area contributed by atoms with Crippen molar-refractivity contribution in [2.75, 3.05) is 7.11 Å². The Morgan fingerprint density at radius 3 is 2.65 bits per heavy atom. The van der Waals surface area contributed by atoms with Crippen LogP contribution in [0.15, 0.2) is 63.3 Å². The van der Waals surface area contributed by atoms with Gasteiger partial charge in [0.15, 0.2) is 28.8 Å². The van der Waals surface area contributed by atoms with Crippen molar-refractivity contribution in [2.45, 2.75) is 6.92 Å². The average molecular weight is 350 g/mol. The number of phenols is 1. The SMILES string of the molecule is COc1ccc(C=NN=C(N)c2cc(-c3ccc(C)cc3)on2)cc1O. The molecule has 0 aliphatic rings. The van der Waals surface area contributed by atoms with E-state index in [1.807, 2.05) is 31.2 Å². The Labute approximate surface area is 150 Å². The van der Waals surface area contributed by atoms with Crippen LogP contribution in [0.3, 0.4) is 0 Å². The maximum absolute atomic E-state index is 9.74. The second-order valence-corrected chi connectivity index (χ2v) is 5.60. The minimum Gasteiger partial charge on any atom is -0.504 e. The summed E-state index contributed by atoms with van der Waals surface area (Å²) in [5.41, 5.74) is 9.01. The predicted octanol–water partition coefficient (Wildman–Crippen LogP) is 3.10. The number of nitrogens with two attached hydrogens (primary N) is 1. The molecule has 0 bridgehead atoms. The largest absolute Gasteiger partial charge is 0.504 e. The monoisotopic (exact) mass is 350 g/mol. The van der Waals surface area contributed by atoms with Gasteiger partial charge in [-0.15, -0.1) is 5.10 Å². The lowest BCUT2D eigenvalue weighted by Crippen LogP contribution is -2.12. The first-order valence-electron chi connectivity index (χ1n) is 7.84. The van der Waals surface area contributed by atoms with Crippen molar-refractivity contribution >= 4 is 12.1 Å². The molecule has 7 nitrogen and oxygen atoms in total. The fraction of sp³-hybridized carbons (Fsp3) is 0.105. The Hall–Kier alpha value is -3.61. The average Bonchev–Trinajstić information content (AvgIpc) is 3.12. The van der Waals surface area contributed by atoms with E-state index >= 15 is 0 Å². The molecule has 0 aliphatic carbocycles. The molecule has 1 aromatic heterocycles. The number of aryl methyl sites for hydroxylation is 1. The van der Waals surface area contributed by atoms with Gasteiger partial charge in [0.05, 0.1) is 13.3 Å². The molecule has 3 aromatic rings. The summed E-state index contributed by atoms with van der Waals surface area (Å²) >= 11 is 0. The predicted molar refractivity (Wildman–Crippen MR) is 99.7 cm³/mol. The molecule has 26 heavy (non-hydrogen) atoms. The van der Waals surface area contributed by atoms with E-state index in [1.54, 1.807) is 18.2 Å². The van der Waals surface area contributed by atoms with Gasteiger partial charge in [-0.2, -0.15) is 5.10 Å². The fourth-order valence-corrected chi connectivity index (χ4v) is 2.25. The third kappa shape index (κ3) is 3.89. The lowest BCUT2D eigenvalue weighted by atomic mass is 10.1. The van der Waals surface area contributed by atoms with Crippen LogP contribution in [0, 0.1) is 6.92 Å². The number of aromatic nitrogens is 1. The van der Waals surface area contributed by atoms with Gasteiger partial charge in [0.2, 0.25) is 0 Å². The highest BCUT2D eigenvalue weighted by atomic mass is 16.5. The van der Waals surface area contributed by atoms with Crippen molar-refractivity contribution in [2.24, 2.45) is 15.9 Å². The summed E-state index contributed by atoms with van der Waals surface area (Å²) in [6.45, 7) is 2.01. The van der Waals surface area contributed by atoms with Crippen LogP contribution in [0.4, 0.5) is 0 Å². The number of rotatable bonds is 5. The highest BCUT2D eigenvalue weighted by Gasteiger charge is 2.09. The lowest BCUT2D eigenvalue weighted by molar-refractivity contribution is 0.373. The van der Waals surface area contributed by atoms with Crippen molar-refractivity contribution in [1.29, 1.82) is 0 Å². The summed E-state index contributed by atoms with van der Waals surface area (Å²) in [5.74, 6) is 1.13. The van der Waals surface area contributed by atoms with Gasteiger partial charge in [-0.3, -0.25) is 0 Å². The number of phenolic OH excluding ortho intramolecular Hbond substituents is 1. The quantitative estimate of drug-likeness (QED) is 0.418. The summed E-state index contributed by atoms with van der Waals surface area (Å²) in [6.07, 6.45) is 1.47. The van der Waals surface area contributed by atoms with E-state index in [-0.39, 0.29) is 11.6 Å². The molecule has 0 radical (unpaired) electrons. The summed E-state index contributed by atoms with van der Waals surface area (Å²) in [4.78, 5) is 0. The second kappa shape index (κ2) is 7.52. The van der Waals surface area contributed by atoms with Crippen molar-refractivity contribution in [3.8, 4) is 22.8 Å². The fourth-order valence-electron chi connectivity index (χ4n) is 2.25. The summed E-state index contributed by atoms with van der Waals surface area (Å²) in [7, 11) is 1.48. The third-order valence-corrected chi connectivity index (χ3v) is 3.68. The zero-order valence-electron chi connectivity index (χ0n) is 14.4. The van der Waals surface area contributed by atoms with Gasteiger partial charge in [0.25, 0.3) is 0 Å². The second-order valence-electron chi connectivity index (χ2n) is 5.60. The van der Waals surface area contributed by atoms with Crippen LogP contribution in [-0.4, -0.2) is 29.4 Å². The normalized spacial score (nSPS) is 11.8. The molecule has 0 saturated heterocycles. The lowest BCUT2D eigenvalue weighted by Gasteiger charge is -2.02. The molecule has 0 spiro atoms. The summed E-state index contributed by atoms with van der Waals surface area (Å²) < 4.78 is 10.3. The van der Waals surface area contributed by atoms with Crippen LogP contribution >= 0.6 is 0 Å². The maximum Gasteiger partial charge on any atom is 0.175 e. The number of aromatic hydroxyl groups is 1. The Kier molecular flexibility index (Phi) is 4.98. The third-order valence-electron chi connectivity index (χ3n) is 3.68. The molecular weight excluding hydrogens is 332 g/mol. The van der Waals surface area contributed by atoms with Crippen LogP contribution in [0.5, 0.6) is 11.5 Å². The number of ether oxygens (including phenoxy) is 1. The number of benzene rings is 2. The number of nitrogens with zero attached hydrogens (tertiary/aromatic N) is 3. The molecule has 0 aliphatic heterocycles. The van der Waals surface area contributed by atoms with E-state index in [1.165, 1.54) is 19.4 Å². The van der Waals surface area contributed by atoms with Gasteiger partial charge >= 0.3 is 0 Å². The van der Waals surface area contributed by atoms with Crippen molar-refractivity contribution in [1.82, 2.24) is 5.16 Å². The molecular formula is C19H18N4O3. The molecule has 3 N–H and O–H groups in total. The van der Waals surface area contributed by atoms with Crippen LogP contribution in [0.1, 0.15) is 16.8 Å². The Morgan fingerprint density at radius 1 is 1.19 bits per heavy atom. The molecule has 0 unspecified atom stereocenters. The van der Waals surface area contributed by atoms with Gasteiger partial charge in [-0.05, 0) is 30.7 Å². The molecule has 2 aromatic carbocycles. The Bertz CT molecular complexity index is 959. The zero-order valence-corrected chi connectivity index (χ0v) is 14.4. The van der Waals surface area contributed by atoms with E-state index in [9.17, 15) is 5.11 Å². The minimum atomic E-state index is 0.0210. The number of amidine groups is 1. The molecule has 3 rings (SSSR count). The highest BCUT2D eigenvalue weighted by Crippen LogP contribution is 2.25. The minimum absolute atomic E-state index is 0.0210. The van der Waals surface area contributed by atoms with Gasteiger partial charge in [-0.1, -0.05) is 35.0 Å². The number of hydrogen-bond donors (Lipinski definition) is 2. The Balaban J connectivity index is 1.73. The molecule has 0 fully saturated rings. The van der Waals surface area contributed by atoms with Crippen LogP contribution in [0.2, 0.25) is 0 Å². The summed E-state index contributed by atoms with van der Waals surface area (Å²) in [6, 6.07) is 14.5. The molecule has 0 amide bonds. The molecule has 132 valence electrons. The van der Waals surface area contributed by atoms with Crippen molar-refractivity contribution < 1.29 is 14.4 Å². The first-order valence-corrected chi connectivity index (χ1v) is 7.84. The van der Waals surface area contributed by atoms with Gasteiger partial charge in [0.1, 0.15) is 0 Å². The van der Waals surface area contributed by atoms with E-state index in [0.29, 0.717) is 22.8 Å². The standard InChI is InChI=1S/C19H18N4O3/c1-12-3-6-14(7-4-12)18-10-15(23-26-18)19(20)22-21-11-13-5-8-17(25-2)16(24)9-13/h3-11,24H,1-2H3,(H2,20,22). The van der Waals surface area contributed by atoms with Crippen LogP contribution in [0.25, 0.3) is 11.3 Å². The van der Waals surface area contributed by atoms with Crippen molar-refractivity contribution in [3.63, 3.8) is 0 Å². The van der Waals surface area contributed by atoms with E-state index in [4.69, 9.17) is 15.0 Å². The molecule has 0 atom stereocenters. The Morgan fingerprint density at radius 2 is 1.96 bits per heavy atom. The summed E-state index contributed by atoms with van der Waals surface area (Å²) in [5, 5.41) is 21.5. The maximum atomic E-state index is 9.74.